The molecular weight excluding hydrogens is 1280 g/mol. The number of carboxylic acids is 2. The molecule has 0 spiro atoms. The molecule has 0 aliphatic carbocycles. The zero-order valence-electron chi connectivity index (χ0n) is 56.2. The Bertz CT molecular complexity index is 2870. The first kappa shape index (κ1) is 83.6. The number of anilines is 1. The summed E-state index contributed by atoms with van der Waals surface area (Å²) in [6.07, 6.45) is -5.86. The minimum atomic E-state index is -5.08. The molecule has 1 fully saturated rings. The molecule has 1 aliphatic heterocycles. The number of carbonyl (C=O) groups is 9. The van der Waals surface area contributed by atoms with Crippen LogP contribution in [0.4, 0.5) is 36.8 Å². The average molecular weight is 1370 g/mol. The van der Waals surface area contributed by atoms with Crippen molar-refractivity contribution in [2.45, 2.75) is 181 Å². The molecule has 534 valence electrons. The summed E-state index contributed by atoms with van der Waals surface area (Å²) in [5.74, 6) is -8.54. The Morgan fingerprint density at radius 3 is 1.84 bits per heavy atom. The van der Waals surface area contributed by atoms with Gasteiger partial charge in [0.1, 0.15) is 17.1 Å². The molecule has 24 nitrogen and oxygen atoms in total. The number of nitrogens with one attached hydrogen (secondary N) is 5. The number of methoxy groups -OCH3 is 2. The number of amides is 8. The fraction of sp³-hybridized carbons (Fsp3) is 0.625. The Kier molecular flexibility index (Phi) is 35.3. The summed E-state index contributed by atoms with van der Waals surface area (Å²) in [4.78, 5) is 123. The topological polar surface area (TPSA) is 347 Å². The van der Waals surface area contributed by atoms with Crippen molar-refractivity contribution in [3.8, 4) is 0 Å². The number of alkyl halides is 6. The number of hydrogen-bond donors (Lipinski definition) is 9. The Morgan fingerprint density at radius 2 is 1.36 bits per heavy atom. The van der Waals surface area contributed by atoms with Crippen LogP contribution < -0.4 is 38.1 Å². The molecular formula is C64H97F6N11O13S. The highest BCUT2D eigenvalue weighted by atomic mass is 32.1. The van der Waals surface area contributed by atoms with E-state index in [4.69, 9.17) is 40.7 Å². The van der Waals surface area contributed by atoms with Crippen molar-refractivity contribution in [2.24, 2.45) is 41.1 Å². The van der Waals surface area contributed by atoms with Gasteiger partial charge in [-0.15, -0.1) is 11.3 Å². The number of thiazole rings is 1. The van der Waals surface area contributed by atoms with Crippen LogP contribution in [0.25, 0.3) is 0 Å². The van der Waals surface area contributed by atoms with E-state index in [0.29, 0.717) is 50.9 Å². The number of benzene rings is 2. The van der Waals surface area contributed by atoms with E-state index >= 15 is 0 Å². The van der Waals surface area contributed by atoms with Gasteiger partial charge in [0.2, 0.25) is 35.4 Å². The van der Waals surface area contributed by atoms with E-state index in [9.17, 15) is 59.9 Å². The van der Waals surface area contributed by atoms with E-state index in [2.05, 4.69) is 31.6 Å². The smallest absolute Gasteiger partial charge is 0.475 e. The fourth-order valence-corrected chi connectivity index (χ4v) is 11.5. The first-order valence-corrected chi connectivity index (χ1v) is 32.2. The molecule has 4 rings (SSSR count). The highest BCUT2D eigenvalue weighted by Crippen LogP contribution is 2.31. The summed E-state index contributed by atoms with van der Waals surface area (Å²) in [6, 6.07) is 12.2. The van der Waals surface area contributed by atoms with E-state index in [-0.39, 0.29) is 78.8 Å². The van der Waals surface area contributed by atoms with Crippen molar-refractivity contribution < 1.29 is 89.2 Å². The molecule has 0 radical (unpaired) electrons. The van der Waals surface area contributed by atoms with Crippen molar-refractivity contribution in [1.29, 1.82) is 0 Å². The molecule has 0 saturated carbocycles. The van der Waals surface area contributed by atoms with Crippen LogP contribution in [0.3, 0.4) is 0 Å². The number of aliphatic carboxylic acids is 2. The molecule has 0 bridgehead atoms. The minimum absolute atomic E-state index is 0.0106. The molecule has 2 heterocycles. The number of nitrogens with two attached hydrogens (primary N) is 2. The number of rotatable bonds is 33. The Labute approximate surface area is 555 Å². The molecule has 1 saturated heterocycles. The lowest BCUT2D eigenvalue weighted by Crippen LogP contribution is -2.60. The quantitative estimate of drug-likeness (QED) is 0.0221. The molecule has 3 aromatic rings. The zero-order valence-corrected chi connectivity index (χ0v) is 57.0. The van der Waals surface area contributed by atoms with Gasteiger partial charge in [0, 0.05) is 58.2 Å². The summed E-state index contributed by atoms with van der Waals surface area (Å²) >= 11 is 1.49. The van der Waals surface area contributed by atoms with Crippen LogP contribution in [0.5, 0.6) is 0 Å². The summed E-state index contributed by atoms with van der Waals surface area (Å²) in [6.45, 7) is 18.5. The number of likely N-dealkylation sites (tertiary alicyclic amines) is 1. The van der Waals surface area contributed by atoms with Crippen LogP contribution in [0.2, 0.25) is 0 Å². The SMILES string of the molecule is CC[C@H](C)[C@@H]([C@@H](CC(=O)N1CCC[C@H]1[C@H](OC)[C@@H](C)C(=O)N[C@@H](Cc1ccccc1)c1nccs1)OC)N(C)C(=O)[C@@H](NC(=O)[C@H](C(C)C)N(C)CCc1ccc(NC(=O)[C@H](CCCNC(N)=O)NC(=O)[C@@H](N)C(C)C)cc1)C(C)C.O=C(O)C(F)(F)F.O=C(O)C(F)(F)F. The molecule has 11 atom stereocenters. The molecule has 2 aromatic carbocycles. The molecule has 1 aliphatic rings. The highest BCUT2D eigenvalue weighted by Gasteiger charge is 2.44. The third kappa shape index (κ3) is 27.6. The van der Waals surface area contributed by atoms with Crippen LogP contribution in [-0.4, -0.2) is 192 Å². The van der Waals surface area contributed by atoms with Crippen molar-refractivity contribution in [2.75, 3.05) is 53.3 Å². The lowest BCUT2D eigenvalue weighted by molar-refractivity contribution is -0.193. The van der Waals surface area contributed by atoms with Gasteiger partial charge in [-0.3, -0.25) is 33.7 Å². The van der Waals surface area contributed by atoms with Crippen LogP contribution in [-0.2, 0) is 60.7 Å². The van der Waals surface area contributed by atoms with Gasteiger partial charge in [0.25, 0.3) is 0 Å². The van der Waals surface area contributed by atoms with Gasteiger partial charge in [-0.2, -0.15) is 26.3 Å². The monoisotopic (exact) mass is 1370 g/mol. The number of carbonyl (C=O) groups excluding carboxylic acids is 7. The van der Waals surface area contributed by atoms with Crippen molar-refractivity contribution in [3.63, 3.8) is 0 Å². The summed E-state index contributed by atoms with van der Waals surface area (Å²) in [5.41, 5.74) is 13.8. The van der Waals surface area contributed by atoms with Crippen molar-refractivity contribution in [1.82, 2.24) is 41.0 Å². The number of likely N-dealkylation sites (N-methyl/N-ethyl adjacent to an activating group) is 2. The Balaban J connectivity index is 0.00000196. The summed E-state index contributed by atoms with van der Waals surface area (Å²) < 4.78 is 75.7. The molecule has 95 heavy (non-hydrogen) atoms. The maximum absolute atomic E-state index is 14.8. The Hall–Kier alpha value is -7.48. The van der Waals surface area contributed by atoms with Gasteiger partial charge in [0.15, 0.2) is 0 Å². The van der Waals surface area contributed by atoms with Gasteiger partial charge in [-0.05, 0) is 92.5 Å². The van der Waals surface area contributed by atoms with Gasteiger partial charge in [0.05, 0.1) is 54.8 Å². The van der Waals surface area contributed by atoms with Gasteiger partial charge in [-0.1, -0.05) is 111 Å². The lowest BCUT2D eigenvalue weighted by atomic mass is 9.89. The normalized spacial score (nSPS) is 16.4. The number of ether oxygens (including phenoxy) is 2. The van der Waals surface area contributed by atoms with E-state index in [0.717, 1.165) is 22.6 Å². The average Bonchev–Trinajstić information content (AvgIpc) is 1.80. The minimum Gasteiger partial charge on any atom is -0.475 e. The molecule has 1 aromatic heterocycles. The van der Waals surface area contributed by atoms with Gasteiger partial charge < -0.3 is 67.5 Å². The fourth-order valence-electron chi connectivity index (χ4n) is 10.8. The number of primary amides is 1. The van der Waals surface area contributed by atoms with E-state index < -0.39 is 90.5 Å². The largest absolute Gasteiger partial charge is 0.490 e. The molecule has 0 unspecified atom stereocenters. The second-order valence-corrected chi connectivity index (χ2v) is 25.3. The number of carboxylic acid groups (broad SMARTS) is 2. The standard InChI is InChI=1S/C60H95N11O9S.2C2HF3O2/c1-14-39(8)52(47(79-12)35-48(72)71-31-19-23-46(71)53(80-13)40(9)54(73)67-45(58-63-30-33-81-58)34-42-20-16-15-17-21-42)70(11)59(77)50(37(4)5)68-57(76)51(38(6)7)69(10)32-28-41-24-26-43(27-25-41)65-55(74)44(22-18-29-64-60(62)78)66-56(75)49(61)36(2)3;2*3-2(4,5)1(6)7/h15-17,20-21,24-27,30,33,36-40,44-47,49-53H,14,18-19,22-23,28-29,31-32,34-35,61H2,1-13H3,(H,65,74)(H,66,75)(H,67,73)(H,68,76)(H3,62,64,78);2*(H,6,7)/t39-,40+,44-,45-,46-,47+,49-,50-,51-,52-,53+;;/m0../s1. The molecule has 11 N–H and O–H groups in total. The number of halogens is 6. The number of urea groups is 1. The first-order valence-electron chi connectivity index (χ1n) is 31.3. The van der Waals surface area contributed by atoms with Crippen molar-refractivity contribution in [3.05, 3.63) is 82.3 Å². The summed E-state index contributed by atoms with van der Waals surface area (Å²) in [7, 11) is 6.75. The molecule has 8 amide bonds. The predicted octanol–water partition coefficient (Wildman–Crippen LogP) is 6.93. The van der Waals surface area contributed by atoms with Crippen LogP contribution >= 0.6 is 11.3 Å². The lowest BCUT2D eigenvalue weighted by Gasteiger charge is -2.41. The number of aromatic nitrogens is 1. The van der Waals surface area contributed by atoms with Gasteiger partial charge in [-0.25, -0.2) is 19.4 Å². The van der Waals surface area contributed by atoms with E-state index in [1.807, 2.05) is 127 Å². The van der Waals surface area contributed by atoms with Crippen LogP contribution in [0, 0.1) is 29.6 Å². The van der Waals surface area contributed by atoms with Crippen LogP contribution in [0.15, 0.2) is 66.2 Å². The summed E-state index contributed by atoms with van der Waals surface area (Å²) in [5, 5.41) is 31.5. The van der Waals surface area contributed by atoms with E-state index in [1.165, 1.54) is 11.3 Å². The predicted molar refractivity (Wildman–Crippen MR) is 345 cm³/mol. The van der Waals surface area contributed by atoms with Crippen LogP contribution in [0.1, 0.15) is 123 Å². The van der Waals surface area contributed by atoms with E-state index in [1.54, 1.807) is 44.5 Å². The zero-order chi connectivity index (χ0) is 72.2. The maximum atomic E-state index is 14.8. The maximum Gasteiger partial charge on any atom is 0.490 e. The van der Waals surface area contributed by atoms with Gasteiger partial charge >= 0.3 is 30.3 Å². The molecule has 31 heteroatoms. The third-order valence-electron chi connectivity index (χ3n) is 16.3. The highest BCUT2D eigenvalue weighted by molar-refractivity contribution is 7.09. The number of hydrogen-bond acceptors (Lipinski definition) is 15. The first-order chi connectivity index (χ1) is 44.3. The second-order valence-electron chi connectivity index (χ2n) is 24.4. The number of nitrogens with zero attached hydrogens (tertiary/aromatic N) is 4. The second kappa shape index (κ2) is 40.2. The third-order valence-corrected chi connectivity index (χ3v) is 17.2. The Morgan fingerprint density at radius 1 is 0.768 bits per heavy atom. The van der Waals surface area contributed by atoms with Crippen molar-refractivity contribution >= 4 is 70.4 Å².